The highest BCUT2D eigenvalue weighted by Crippen LogP contribution is 2.33. The van der Waals surface area contributed by atoms with Crippen LogP contribution >= 0.6 is 11.8 Å². The lowest BCUT2D eigenvalue weighted by molar-refractivity contribution is -0.129. The summed E-state index contributed by atoms with van der Waals surface area (Å²) in [4.78, 5) is 24.2. The first-order valence-electron chi connectivity index (χ1n) is 10.3. The summed E-state index contributed by atoms with van der Waals surface area (Å²) in [7, 11) is 3.25. The molecular weight excluding hydrogens is 426 g/mol. The number of ether oxygens (including phenoxy) is 2. The lowest BCUT2D eigenvalue weighted by atomic mass is 9.99. The first kappa shape index (κ1) is 20.6. The lowest BCUT2D eigenvalue weighted by Gasteiger charge is -2.29. The quantitative estimate of drug-likeness (QED) is 0.342. The number of para-hydroxylation sites is 1. The molecule has 2 aromatic carbocycles. The van der Waals surface area contributed by atoms with E-state index in [1.165, 1.54) is 17.3 Å². The van der Waals surface area contributed by atoms with Gasteiger partial charge < -0.3 is 14.4 Å². The van der Waals surface area contributed by atoms with Crippen LogP contribution in [0.25, 0.3) is 16.6 Å². The molecule has 0 saturated carbocycles. The minimum Gasteiger partial charge on any atom is -0.493 e. The van der Waals surface area contributed by atoms with E-state index in [1.807, 2.05) is 48.2 Å². The molecule has 0 unspecified atom stereocenters. The smallest absolute Gasteiger partial charge is 0.233 e. The zero-order valence-electron chi connectivity index (χ0n) is 18.2. The minimum absolute atomic E-state index is 0.0652. The molecule has 2 aromatic heterocycles. The second-order valence-electron chi connectivity index (χ2n) is 7.64. The van der Waals surface area contributed by atoms with Crippen LogP contribution in [-0.4, -0.2) is 56.9 Å². The van der Waals surface area contributed by atoms with Crippen LogP contribution in [0, 0.1) is 6.92 Å². The molecule has 3 heterocycles. The predicted molar refractivity (Wildman–Crippen MR) is 122 cm³/mol. The minimum atomic E-state index is 0.0652. The van der Waals surface area contributed by atoms with E-state index in [0.717, 1.165) is 34.3 Å². The van der Waals surface area contributed by atoms with Crippen LogP contribution in [0.5, 0.6) is 11.5 Å². The van der Waals surface area contributed by atoms with Crippen molar-refractivity contribution in [3.05, 3.63) is 53.3 Å². The Kier molecular flexibility index (Phi) is 5.34. The fraction of sp³-hybridized carbons (Fsp3) is 0.304. The van der Waals surface area contributed by atoms with Gasteiger partial charge in [-0.15, -0.1) is 5.10 Å². The molecular formula is C23H23N5O3S. The summed E-state index contributed by atoms with van der Waals surface area (Å²) in [5.74, 6) is 2.42. The summed E-state index contributed by atoms with van der Waals surface area (Å²) in [6.45, 7) is 3.08. The fourth-order valence-electron chi connectivity index (χ4n) is 4.04. The third-order valence-electron chi connectivity index (χ3n) is 5.65. The molecule has 9 heteroatoms. The van der Waals surface area contributed by atoms with Gasteiger partial charge in [-0.1, -0.05) is 23.9 Å². The molecule has 1 aliphatic heterocycles. The van der Waals surface area contributed by atoms with Crippen molar-refractivity contribution in [3.8, 4) is 11.5 Å². The summed E-state index contributed by atoms with van der Waals surface area (Å²) in [5, 5.41) is 6.10. The van der Waals surface area contributed by atoms with Gasteiger partial charge in [0.15, 0.2) is 22.3 Å². The van der Waals surface area contributed by atoms with E-state index in [2.05, 4.69) is 10.1 Å². The zero-order chi connectivity index (χ0) is 22.2. The summed E-state index contributed by atoms with van der Waals surface area (Å²) >= 11 is 1.39. The monoisotopic (exact) mass is 449 g/mol. The Morgan fingerprint density at radius 2 is 1.84 bits per heavy atom. The molecule has 0 N–H and O–H groups in total. The summed E-state index contributed by atoms with van der Waals surface area (Å²) < 4.78 is 12.6. The molecule has 0 aliphatic carbocycles. The largest absolute Gasteiger partial charge is 0.493 e. The summed E-state index contributed by atoms with van der Waals surface area (Å²) in [5.41, 5.74) is 3.88. The first-order valence-corrected chi connectivity index (χ1v) is 11.3. The Morgan fingerprint density at radius 3 is 2.62 bits per heavy atom. The SMILES string of the molecule is COc1cc2c(cc1OC)CN(C(=O)CSc1nc3ccccc3c3nc(C)nn13)CC2. The number of rotatable bonds is 5. The van der Waals surface area contributed by atoms with Crippen molar-refractivity contribution in [1.82, 2.24) is 24.5 Å². The number of aryl methyl sites for hydroxylation is 1. The molecule has 4 aromatic rings. The Bertz CT molecular complexity index is 1340. The number of hydrogen-bond donors (Lipinski definition) is 0. The van der Waals surface area contributed by atoms with Gasteiger partial charge in [0, 0.05) is 18.5 Å². The second kappa shape index (κ2) is 8.31. The van der Waals surface area contributed by atoms with Crippen molar-refractivity contribution in [2.75, 3.05) is 26.5 Å². The number of fused-ring (bicyclic) bond motifs is 4. The van der Waals surface area contributed by atoms with Crippen LogP contribution in [0.3, 0.4) is 0 Å². The van der Waals surface area contributed by atoms with Crippen LogP contribution in [0.2, 0.25) is 0 Å². The molecule has 0 saturated heterocycles. The Labute approximate surface area is 189 Å². The number of thioether (sulfide) groups is 1. The van der Waals surface area contributed by atoms with Crippen LogP contribution in [0.15, 0.2) is 41.6 Å². The Hall–Kier alpha value is -3.33. The van der Waals surface area contributed by atoms with E-state index in [9.17, 15) is 4.79 Å². The van der Waals surface area contributed by atoms with Crippen molar-refractivity contribution in [1.29, 1.82) is 0 Å². The van der Waals surface area contributed by atoms with E-state index in [4.69, 9.17) is 14.5 Å². The predicted octanol–water partition coefficient (Wildman–Crippen LogP) is 3.28. The number of hydrogen-bond acceptors (Lipinski definition) is 7. The van der Waals surface area contributed by atoms with E-state index < -0.39 is 0 Å². The number of carbonyl (C=O) groups excluding carboxylic acids is 1. The highest BCUT2D eigenvalue weighted by Gasteiger charge is 2.23. The van der Waals surface area contributed by atoms with Gasteiger partial charge in [-0.05, 0) is 48.7 Å². The maximum absolute atomic E-state index is 13.0. The molecule has 0 spiro atoms. The molecule has 1 aliphatic rings. The maximum Gasteiger partial charge on any atom is 0.233 e. The van der Waals surface area contributed by atoms with E-state index in [1.54, 1.807) is 18.7 Å². The van der Waals surface area contributed by atoms with E-state index >= 15 is 0 Å². The topological polar surface area (TPSA) is 81.9 Å². The Morgan fingerprint density at radius 1 is 1.09 bits per heavy atom. The average Bonchev–Trinajstić information content (AvgIpc) is 3.22. The number of carbonyl (C=O) groups is 1. The summed E-state index contributed by atoms with van der Waals surface area (Å²) in [6, 6.07) is 11.8. The molecule has 5 rings (SSSR count). The maximum atomic E-state index is 13.0. The van der Waals surface area contributed by atoms with E-state index in [-0.39, 0.29) is 11.7 Å². The zero-order valence-corrected chi connectivity index (χ0v) is 19.0. The molecule has 0 fully saturated rings. The number of benzene rings is 2. The van der Waals surface area contributed by atoms with Gasteiger partial charge in [-0.25, -0.2) is 9.97 Å². The number of amides is 1. The molecule has 0 atom stereocenters. The van der Waals surface area contributed by atoms with Gasteiger partial charge in [0.25, 0.3) is 0 Å². The normalized spacial score (nSPS) is 13.4. The second-order valence-corrected chi connectivity index (χ2v) is 8.58. The van der Waals surface area contributed by atoms with Gasteiger partial charge in [0.1, 0.15) is 5.82 Å². The Balaban J connectivity index is 1.36. The standard InChI is InChI=1S/C23H23N5O3S/c1-14-24-22-17-6-4-5-7-18(17)25-23(28(22)26-14)32-13-21(29)27-9-8-15-10-19(30-2)20(31-3)11-16(15)12-27/h4-7,10-11H,8-9,12-13H2,1-3H3. The summed E-state index contributed by atoms with van der Waals surface area (Å²) in [6.07, 6.45) is 0.785. The van der Waals surface area contributed by atoms with Gasteiger partial charge >= 0.3 is 0 Å². The van der Waals surface area contributed by atoms with Gasteiger partial charge in [-0.2, -0.15) is 4.52 Å². The van der Waals surface area contributed by atoms with Crippen LogP contribution in [-0.2, 0) is 17.8 Å². The molecule has 1 amide bonds. The fourth-order valence-corrected chi connectivity index (χ4v) is 4.89. The molecule has 0 radical (unpaired) electrons. The molecule has 164 valence electrons. The third kappa shape index (κ3) is 3.62. The molecule has 8 nitrogen and oxygen atoms in total. The first-order chi connectivity index (χ1) is 15.6. The van der Waals surface area contributed by atoms with Gasteiger partial charge in [-0.3, -0.25) is 4.79 Å². The van der Waals surface area contributed by atoms with Crippen molar-refractivity contribution >= 4 is 34.2 Å². The highest BCUT2D eigenvalue weighted by atomic mass is 32.2. The lowest BCUT2D eigenvalue weighted by Crippen LogP contribution is -2.37. The molecule has 32 heavy (non-hydrogen) atoms. The average molecular weight is 450 g/mol. The van der Waals surface area contributed by atoms with Crippen molar-refractivity contribution in [2.24, 2.45) is 0 Å². The van der Waals surface area contributed by atoms with Crippen LogP contribution in [0.1, 0.15) is 17.0 Å². The van der Waals surface area contributed by atoms with Crippen LogP contribution < -0.4 is 9.47 Å². The number of methoxy groups -OCH3 is 2. The number of aromatic nitrogens is 4. The van der Waals surface area contributed by atoms with Gasteiger partial charge in [0.2, 0.25) is 5.91 Å². The van der Waals surface area contributed by atoms with Crippen molar-refractivity contribution < 1.29 is 14.3 Å². The molecule has 0 bridgehead atoms. The van der Waals surface area contributed by atoms with Gasteiger partial charge in [0.05, 0.1) is 25.5 Å². The van der Waals surface area contributed by atoms with E-state index in [0.29, 0.717) is 29.8 Å². The van der Waals surface area contributed by atoms with Crippen molar-refractivity contribution in [2.45, 2.75) is 25.0 Å². The van der Waals surface area contributed by atoms with Crippen molar-refractivity contribution in [3.63, 3.8) is 0 Å². The number of nitrogens with zero attached hydrogens (tertiary/aromatic N) is 5. The highest BCUT2D eigenvalue weighted by molar-refractivity contribution is 7.99. The van der Waals surface area contributed by atoms with Crippen LogP contribution in [0.4, 0.5) is 0 Å². The third-order valence-corrected chi connectivity index (χ3v) is 6.56.